The summed E-state index contributed by atoms with van der Waals surface area (Å²) >= 11 is 0. The van der Waals surface area contributed by atoms with Gasteiger partial charge in [-0.2, -0.15) is 0 Å². The molecule has 1 aliphatic heterocycles. The van der Waals surface area contributed by atoms with Gasteiger partial charge in [0.2, 0.25) is 0 Å². The molecule has 3 atom stereocenters. The number of nitrogens with two attached hydrogens (primary N) is 1. The molecule has 0 aliphatic carbocycles. The van der Waals surface area contributed by atoms with E-state index in [0.29, 0.717) is 11.9 Å². The third-order valence-corrected chi connectivity index (χ3v) is 3.95. The summed E-state index contributed by atoms with van der Waals surface area (Å²) in [4.78, 5) is 6.72. The zero-order chi connectivity index (χ0) is 12.4. The van der Waals surface area contributed by atoms with Crippen molar-refractivity contribution in [2.45, 2.75) is 39.8 Å². The van der Waals surface area contributed by atoms with E-state index < -0.39 is 0 Å². The molecule has 0 bridgehead atoms. The Kier molecular flexibility index (Phi) is 3.67. The van der Waals surface area contributed by atoms with Gasteiger partial charge in [-0.1, -0.05) is 19.9 Å². The van der Waals surface area contributed by atoms with Gasteiger partial charge in [-0.05, 0) is 36.8 Å². The van der Waals surface area contributed by atoms with Crippen LogP contribution in [0.15, 0.2) is 18.3 Å². The highest BCUT2D eigenvalue weighted by Gasteiger charge is 2.28. The molecule has 0 amide bonds. The lowest BCUT2D eigenvalue weighted by Gasteiger charge is -2.41. The Hall–Kier alpha value is -1.09. The van der Waals surface area contributed by atoms with E-state index in [4.69, 9.17) is 5.73 Å². The molecule has 2 heterocycles. The lowest BCUT2D eigenvalue weighted by Crippen LogP contribution is -2.45. The summed E-state index contributed by atoms with van der Waals surface area (Å²) in [6.07, 6.45) is 3.24. The van der Waals surface area contributed by atoms with Crippen molar-refractivity contribution in [2.24, 2.45) is 11.8 Å². The predicted octanol–water partition coefficient (Wildman–Crippen LogP) is 2.53. The first-order valence-electron chi connectivity index (χ1n) is 6.50. The Morgan fingerprint density at radius 1 is 1.35 bits per heavy atom. The highest BCUT2D eigenvalue weighted by molar-refractivity contribution is 5.29. The predicted molar refractivity (Wildman–Crippen MR) is 71.5 cm³/mol. The molecule has 3 nitrogen and oxygen atoms in total. The average Bonchev–Trinajstić information content (AvgIpc) is 2.28. The van der Waals surface area contributed by atoms with Crippen LogP contribution in [0.1, 0.15) is 32.8 Å². The lowest BCUT2D eigenvalue weighted by molar-refractivity contribution is 0.0729. The highest BCUT2D eigenvalue weighted by Crippen LogP contribution is 2.27. The molecule has 0 spiro atoms. The highest BCUT2D eigenvalue weighted by atomic mass is 15.2. The zero-order valence-electron chi connectivity index (χ0n) is 11.1. The van der Waals surface area contributed by atoms with Crippen LogP contribution in [0, 0.1) is 11.8 Å². The van der Waals surface area contributed by atoms with Crippen molar-refractivity contribution < 1.29 is 0 Å². The van der Waals surface area contributed by atoms with Gasteiger partial charge in [-0.3, -0.25) is 4.90 Å². The third-order valence-electron chi connectivity index (χ3n) is 3.95. The monoisotopic (exact) mass is 233 g/mol. The second-order valence-electron chi connectivity index (χ2n) is 5.58. The minimum absolute atomic E-state index is 0.599. The molecule has 2 N–H and O–H groups in total. The maximum Gasteiger partial charge on any atom is 0.123 e. The number of anilines is 1. The van der Waals surface area contributed by atoms with E-state index in [0.717, 1.165) is 18.4 Å². The lowest BCUT2D eigenvalue weighted by atomic mass is 9.86. The number of nitrogen functional groups attached to an aromatic ring is 1. The number of piperidine rings is 1. The Bertz CT molecular complexity index is 360. The van der Waals surface area contributed by atoms with Gasteiger partial charge in [0.15, 0.2) is 0 Å². The summed E-state index contributed by atoms with van der Waals surface area (Å²) in [6, 6.07) is 4.62. The third kappa shape index (κ3) is 2.97. The summed E-state index contributed by atoms with van der Waals surface area (Å²) in [5.74, 6) is 2.17. The molecule has 1 aliphatic rings. The Morgan fingerprint density at radius 2 is 2.12 bits per heavy atom. The fourth-order valence-electron chi connectivity index (χ4n) is 2.81. The number of rotatable bonds is 2. The van der Waals surface area contributed by atoms with Gasteiger partial charge in [-0.25, -0.2) is 4.98 Å². The standard InChI is InChI=1S/C14H23N3/c1-10-6-11(2)12(3)17(8-10)9-13-4-5-14(15)16-7-13/h4-5,7,10-12H,6,8-9H2,1-3H3,(H2,15,16). The van der Waals surface area contributed by atoms with Crippen molar-refractivity contribution >= 4 is 5.82 Å². The summed E-state index contributed by atoms with van der Waals surface area (Å²) < 4.78 is 0. The topological polar surface area (TPSA) is 42.1 Å². The molecule has 0 radical (unpaired) electrons. The molecule has 0 aromatic carbocycles. The number of likely N-dealkylation sites (tertiary alicyclic amines) is 1. The smallest absolute Gasteiger partial charge is 0.123 e. The summed E-state index contributed by atoms with van der Waals surface area (Å²) in [7, 11) is 0. The van der Waals surface area contributed by atoms with Crippen LogP contribution in [-0.2, 0) is 6.54 Å². The maximum atomic E-state index is 5.61. The molecular weight excluding hydrogens is 210 g/mol. The first-order valence-corrected chi connectivity index (χ1v) is 6.50. The Morgan fingerprint density at radius 3 is 2.76 bits per heavy atom. The first kappa shape index (κ1) is 12.4. The van der Waals surface area contributed by atoms with E-state index in [-0.39, 0.29) is 0 Å². The van der Waals surface area contributed by atoms with Crippen molar-refractivity contribution in [2.75, 3.05) is 12.3 Å². The molecule has 2 rings (SSSR count). The SMILES string of the molecule is CC1CC(C)C(C)N(Cc2ccc(N)nc2)C1. The number of hydrogen-bond acceptors (Lipinski definition) is 3. The first-order chi connectivity index (χ1) is 8.06. The number of aromatic nitrogens is 1. The van der Waals surface area contributed by atoms with E-state index in [9.17, 15) is 0 Å². The molecule has 94 valence electrons. The maximum absolute atomic E-state index is 5.61. The molecule has 1 fully saturated rings. The minimum atomic E-state index is 0.599. The molecule has 3 heteroatoms. The van der Waals surface area contributed by atoms with E-state index >= 15 is 0 Å². The van der Waals surface area contributed by atoms with Crippen molar-refractivity contribution in [3.05, 3.63) is 23.9 Å². The molecule has 1 saturated heterocycles. The van der Waals surface area contributed by atoms with Crippen LogP contribution in [-0.4, -0.2) is 22.5 Å². The van der Waals surface area contributed by atoms with Crippen LogP contribution < -0.4 is 5.73 Å². The van der Waals surface area contributed by atoms with Gasteiger partial charge in [0.25, 0.3) is 0 Å². The Labute approximate surface area is 104 Å². The average molecular weight is 233 g/mol. The molecule has 0 saturated carbocycles. The summed E-state index contributed by atoms with van der Waals surface area (Å²) in [6.45, 7) is 9.21. The van der Waals surface area contributed by atoms with Crippen molar-refractivity contribution in [3.63, 3.8) is 0 Å². The van der Waals surface area contributed by atoms with Gasteiger partial charge < -0.3 is 5.73 Å². The van der Waals surface area contributed by atoms with Crippen LogP contribution in [0.5, 0.6) is 0 Å². The summed E-state index contributed by atoms with van der Waals surface area (Å²) in [5.41, 5.74) is 6.86. The molecule has 17 heavy (non-hydrogen) atoms. The van der Waals surface area contributed by atoms with E-state index in [1.807, 2.05) is 12.3 Å². The van der Waals surface area contributed by atoms with Crippen LogP contribution >= 0.6 is 0 Å². The van der Waals surface area contributed by atoms with Gasteiger partial charge in [0, 0.05) is 25.3 Å². The number of pyridine rings is 1. The fraction of sp³-hybridized carbons (Fsp3) is 0.643. The summed E-state index contributed by atoms with van der Waals surface area (Å²) in [5, 5.41) is 0. The zero-order valence-corrected chi connectivity index (χ0v) is 11.1. The Balaban J connectivity index is 2.04. The van der Waals surface area contributed by atoms with Crippen LogP contribution in [0.25, 0.3) is 0 Å². The second kappa shape index (κ2) is 5.05. The van der Waals surface area contributed by atoms with E-state index in [1.165, 1.54) is 18.5 Å². The molecular formula is C14H23N3. The van der Waals surface area contributed by atoms with Crippen molar-refractivity contribution in [3.8, 4) is 0 Å². The van der Waals surface area contributed by atoms with E-state index in [2.05, 4.69) is 36.7 Å². The van der Waals surface area contributed by atoms with Gasteiger partial charge in [0.1, 0.15) is 5.82 Å². The van der Waals surface area contributed by atoms with Gasteiger partial charge in [0.05, 0.1) is 0 Å². The largest absolute Gasteiger partial charge is 0.384 e. The number of hydrogen-bond donors (Lipinski definition) is 1. The quantitative estimate of drug-likeness (QED) is 0.853. The van der Waals surface area contributed by atoms with Crippen molar-refractivity contribution in [1.29, 1.82) is 0 Å². The van der Waals surface area contributed by atoms with Crippen LogP contribution in [0.3, 0.4) is 0 Å². The molecule has 3 unspecified atom stereocenters. The second-order valence-corrected chi connectivity index (χ2v) is 5.58. The van der Waals surface area contributed by atoms with Crippen LogP contribution in [0.2, 0.25) is 0 Å². The molecule has 1 aromatic heterocycles. The van der Waals surface area contributed by atoms with Crippen molar-refractivity contribution in [1.82, 2.24) is 9.88 Å². The van der Waals surface area contributed by atoms with Gasteiger partial charge in [-0.15, -0.1) is 0 Å². The van der Waals surface area contributed by atoms with Crippen LogP contribution in [0.4, 0.5) is 5.82 Å². The molecule has 1 aromatic rings. The normalized spacial score (nSPS) is 30.4. The number of nitrogens with zero attached hydrogens (tertiary/aromatic N) is 2. The van der Waals surface area contributed by atoms with Gasteiger partial charge >= 0.3 is 0 Å². The minimum Gasteiger partial charge on any atom is -0.384 e. The fourth-order valence-corrected chi connectivity index (χ4v) is 2.81. The van der Waals surface area contributed by atoms with E-state index in [1.54, 1.807) is 0 Å².